The zero-order valence-electron chi connectivity index (χ0n) is 18.4. The molecule has 1 aliphatic rings. The topological polar surface area (TPSA) is 84.4 Å². The van der Waals surface area contributed by atoms with Crippen molar-refractivity contribution in [2.24, 2.45) is 0 Å². The molecular weight excluding hydrogens is 472 g/mol. The maximum Gasteiger partial charge on any atom is 0.339 e. The van der Waals surface area contributed by atoms with Gasteiger partial charge in [0, 0.05) is 52.1 Å². The van der Waals surface area contributed by atoms with E-state index in [2.05, 4.69) is 15.2 Å². The Hall–Kier alpha value is -3.33. The molecule has 9 heteroatoms. The lowest BCUT2D eigenvalue weighted by molar-refractivity contribution is -0.119. The number of para-hydroxylation sites is 1. The smallest absolute Gasteiger partial charge is 0.339 e. The number of carbonyl (C=O) groups is 2. The molecule has 0 radical (unpaired) electrons. The third kappa shape index (κ3) is 4.52. The first-order valence-corrected chi connectivity index (χ1v) is 12.0. The summed E-state index contributed by atoms with van der Waals surface area (Å²) in [6, 6.07) is 14.9. The number of amides is 1. The van der Waals surface area contributed by atoms with Crippen LogP contribution in [0.25, 0.3) is 22.2 Å². The normalized spacial score (nSPS) is 13.5. The molecule has 1 N–H and O–H groups in total. The van der Waals surface area contributed by atoms with Crippen molar-refractivity contribution in [3.05, 3.63) is 75.8 Å². The summed E-state index contributed by atoms with van der Waals surface area (Å²) in [6.07, 6.45) is 0.759. The molecule has 2 aromatic carbocycles. The fourth-order valence-electron chi connectivity index (χ4n) is 4.04. The number of halogens is 1. The molecule has 1 amide bonds. The van der Waals surface area contributed by atoms with Gasteiger partial charge in [0.25, 0.3) is 5.91 Å². The molecule has 0 saturated carbocycles. The quantitative estimate of drug-likeness (QED) is 0.403. The highest BCUT2D eigenvalue weighted by atomic mass is 35.5. The molecule has 0 aliphatic carbocycles. The van der Waals surface area contributed by atoms with Gasteiger partial charge < -0.3 is 9.64 Å². The van der Waals surface area contributed by atoms with Gasteiger partial charge in [0.15, 0.2) is 11.7 Å². The van der Waals surface area contributed by atoms with Crippen molar-refractivity contribution in [1.29, 1.82) is 0 Å². The second-order valence-corrected chi connectivity index (χ2v) is 9.32. The Balaban J connectivity index is 1.31. The molecule has 2 aromatic heterocycles. The number of hydrogen-bond donors (Lipinski definition) is 1. The van der Waals surface area contributed by atoms with E-state index in [-0.39, 0.29) is 0 Å². The number of likely N-dealkylation sites (N-methyl/N-ethyl adjacent to an activating group) is 1. The Bertz CT molecular complexity index is 1400. The Morgan fingerprint density at radius 1 is 1.15 bits per heavy atom. The van der Waals surface area contributed by atoms with Gasteiger partial charge in [-0.15, -0.1) is 11.3 Å². The molecule has 0 unspecified atom stereocenters. The second kappa shape index (κ2) is 9.50. The highest BCUT2D eigenvalue weighted by molar-refractivity contribution is 7.14. The average molecular weight is 493 g/mol. The third-order valence-corrected chi connectivity index (χ3v) is 6.76. The van der Waals surface area contributed by atoms with E-state index < -0.39 is 18.5 Å². The summed E-state index contributed by atoms with van der Waals surface area (Å²) in [6.45, 7) is 1.06. The van der Waals surface area contributed by atoms with E-state index >= 15 is 0 Å². The Kier molecular flexibility index (Phi) is 6.28. The first-order valence-electron chi connectivity index (χ1n) is 10.8. The van der Waals surface area contributed by atoms with Crippen LogP contribution in [0.15, 0.2) is 53.9 Å². The lowest BCUT2D eigenvalue weighted by atomic mass is 9.96. The van der Waals surface area contributed by atoms with Gasteiger partial charge in [-0.2, -0.15) is 0 Å². The molecule has 4 aromatic rings. The number of aromatic nitrogens is 2. The average Bonchev–Trinajstić information content (AvgIpc) is 3.29. The molecule has 5 rings (SSSR count). The summed E-state index contributed by atoms with van der Waals surface area (Å²) >= 11 is 7.51. The van der Waals surface area contributed by atoms with Crippen LogP contribution in [-0.4, -0.2) is 46.9 Å². The van der Waals surface area contributed by atoms with E-state index in [1.807, 2.05) is 54.9 Å². The minimum Gasteiger partial charge on any atom is -0.452 e. The molecule has 1 aliphatic heterocycles. The van der Waals surface area contributed by atoms with Gasteiger partial charge in [0.2, 0.25) is 0 Å². The van der Waals surface area contributed by atoms with Crippen LogP contribution in [-0.2, 0) is 22.5 Å². The molecule has 0 saturated heterocycles. The lowest BCUT2D eigenvalue weighted by Gasteiger charge is -2.26. The van der Waals surface area contributed by atoms with Gasteiger partial charge in [0.05, 0.1) is 16.8 Å². The lowest BCUT2D eigenvalue weighted by Crippen LogP contribution is -2.30. The fraction of sp³-hybridized carbons (Fsp3) is 0.200. The molecule has 0 fully saturated rings. The van der Waals surface area contributed by atoms with E-state index in [1.165, 1.54) is 11.3 Å². The number of fused-ring (bicyclic) bond motifs is 2. The van der Waals surface area contributed by atoms with Gasteiger partial charge in [-0.1, -0.05) is 48.0 Å². The fourth-order valence-corrected chi connectivity index (χ4v) is 5.00. The maximum absolute atomic E-state index is 13.1. The Morgan fingerprint density at radius 2 is 1.94 bits per heavy atom. The molecule has 172 valence electrons. The summed E-state index contributed by atoms with van der Waals surface area (Å²) in [5, 5.41) is 6.22. The van der Waals surface area contributed by atoms with Crippen LogP contribution in [0.5, 0.6) is 0 Å². The number of rotatable bonds is 5. The zero-order valence-corrected chi connectivity index (χ0v) is 19.9. The van der Waals surface area contributed by atoms with Crippen LogP contribution < -0.4 is 5.32 Å². The van der Waals surface area contributed by atoms with Gasteiger partial charge >= 0.3 is 5.97 Å². The van der Waals surface area contributed by atoms with Crippen molar-refractivity contribution in [2.75, 3.05) is 25.5 Å². The highest BCUT2D eigenvalue weighted by Crippen LogP contribution is 2.31. The van der Waals surface area contributed by atoms with E-state index in [0.29, 0.717) is 28.0 Å². The van der Waals surface area contributed by atoms with Crippen molar-refractivity contribution < 1.29 is 14.3 Å². The first kappa shape index (κ1) is 22.5. The number of anilines is 1. The highest BCUT2D eigenvalue weighted by Gasteiger charge is 2.26. The predicted molar refractivity (Wildman–Crippen MR) is 133 cm³/mol. The standard InChI is InChI=1S/C25H21ClN4O3S/c1-30-11-10-20-17(12-30)23(16-7-3-5-9-19(16)27-20)24(32)33-13-22(31)29-25-28-21(14-34-25)15-6-2-4-8-18(15)26/h2-9,14H,10-13H2,1H3,(H,28,29,31). The molecule has 0 spiro atoms. The molecule has 0 atom stereocenters. The number of thiazole rings is 1. The van der Waals surface area contributed by atoms with Gasteiger partial charge in [-0.3, -0.25) is 15.1 Å². The van der Waals surface area contributed by atoms with Crippen molar-refractivity contribution in [3.63, 3.8) is 0 Å². The van der Waals surface area contributed by atoms with E-state index in [9.17, 15) is 9.59 Å². The Morgan fingerprint density at radius 3 is 2.79 bits per heavy atom. The Labute approximate surface area is 205 Å². The van der Waals surface area contributed by atoms with Crippen molar-refractivity contribution in [1.82, 2.24) is 14.9 Å². The number of nitrogens with one attached hydrogen (secondary N) is 1. The molecule has 7 nitrogen and oxygen atoms in total. The molecule has 0 bridgehead atoms. The number of carbonyl (C=O) groups excluding carboxylic acids is 2. The van der Waals surface area contributed by atoms with E-state index in [4.69, 9.17) is 21.3 Å². The molecule has 3 heterocycles. The summed E-state index contributed by atoms with van der Waals surface area (Å²) < 4.78 is 5.44. The largest absolute Gasteiger partial charge is 0.452 e. The van der Waals surface area contributed by atoms with Crippen molar-refractivity contribution in [3.8, 4) is 11.3 Å². The van der Waals surface area contributed by atoms with Gasteiger partial charge in [-0.05, 0) is 19.2 Å². The number of pyridine rings is 1. The number of hydrogen-bond acceptors (Lipinski definition) is 7. The summed E-state index contributed by atoms with van der Waals surface area (Å²) in [5.74, 6) is -0.992. The minimum atomic E-state index is -0.531. The number of esters is 1. The van der Waals surface area contributed by atoms with E-state index in [1.54, 1.807) is 6.07 Å². The van der Waals surface area contributed by atoms with Crippen LogP contribution in [0.4, 0.5) is 5.13 Å². The summed E-state index contributed by atoms with van der Waals surface area (Å²) in [7, 11) is 2.01. The van der Waals surface area contributed by atoms with Crippen LogP contribution in [0.3, 0.4) is 0 Å². The van der Waals surface area contributed by atoms with Crippen LogP contribution in [0.2, 0.25) is 5.02 Å². The summed E-state index contributed by atoms with van der Waals surface area (Å²) in [5.41, 5.74) is 4.45. The SMILES string of the molecule is CN1CCc2nc3ccccc3c(C(=O)OCC(=O)Nc3nc(-c4ccccc4Cl)cs3)c2C1. The molecular formula is C25H21ClN4O3S. The van der Waals surface area contributed by atoms with Crippen LogP contribution in [0, 0.1) is 0 Å². The third-order valence-electron chi connectivity index (χ3n) is 5.68. The van der Waals surface area contributed by atoms with Crippen LogP contribution in [0.1, 0.15) is 21.6 Å². The number of ether oxygens (including phenoxy) is 1. The van der Waals surface area contributed by atoms with E-state index in [0.717, 1.165) is 40.7 Å². The first-order chi connectivity index (χ1) is 16.5. The minimum absolute atomic E-state index is 0.407. The van der Waals surface area contributed by atoms with Gasteiger partial charge in [-0.25, -0.2) is 9.78 Å². The van der Waals surface area contributed by atoms with Crippen molar-refractivity contribution >= 4 is 50.8 Å². The zero-order chi connectivity index (χ0) is 23.7. The van der Waals surface area contributed by atoms with Gasteiger partial charge in [0.1, 0.15) is 0 Å². The molecule has 34 heavy (non-hydrogen) atoms. The predicted octanol–water partition coefficient (Wildman–Crippen LogP) is 4.80. The van der Waals surface area contributed by atoms with Crippen molar-refractivity contribution in [2.45, 2.75) is 13.0 Å². The van der Waals surface area contributed by atoms with Crippen LogP contribution >= 0.6 is 22.9 Å². The monoisotopic (exact) mass is 492 g/mol. The summed E-state index contributed by atoms with van der Waals surface area (Å²) in [4.78, 5) is 37.0. The maximum atomic E-state index is 13.1. The number of nitrogens with zero attached hydrogens (tertiary/aromatic N) is 3. The number of benzene rings is 2. The second-order valence-electron chi connectivity index (χ2n) is 8.06.